The molecule has 1 unspecified atom stereocenters. The van der Waals surface area contributed by atoms with E-state index in [1.165, 1.54) is 6.20 Å². The zero-order chi connectivity index (χ0) is 13.9. The SMILES string of the molecule is Cc1c(C(=O)NCC(C(=O)O)C(C)C)cnn1C. The van der Waals surface area contributed by atoms with Crippen molar-refractivity contribution in [1.82, 2.24) is 15.1 Å². The molecule has 1 rings (SSSR count). The normalized spacial score (nSPS) is 12.5. The summed E-state index contributed by atoms with van der Waals surface area (Å²) in [7, 11) is 1.75. The summed E-state index contributed by atoms with van der Waals surface area (Å²) in [6, 6.07) is 0. The van der Waals surface area contributed by atoms with Gasteiger partial charge in [0.2, 0.25) is 0 Å². The van der Waals surface area contributed by atoms with Gasteiger partial charge in [-0.25, -0.2) is 0 Å². The third-order valence-electron chi connectivity index (χ3n) is 3.08. The average Bonchev–Trinajstić information content (AvgIpc) is 2.58. The topological polar surface area (TPSA) is 84.2 Å². The average molecular weight is 253 g/mol. The van der Waals surface area contributed by atoms with Crippen LogP contribution in [-0.2, 0) is 11.8 Å². The molecular weight excluding hydrogens is 234 g/mol. The van der Waals surface area contributed by atoms with Gasteiger partial charge in [-0.1, -0.05) is 13.8 Å². The molecule has 0 saturated heterocycles. The quantitative estimate of drug-likeness (QED) is 0.813. The van der Waals surface area contributed by atoms with Crippen molar-refractivity contribution in [2.24, 2.45) is 18.9 Å². The number of carboxylic acid groups (broad SMARTS) is 1. The largest absolute Gasteiger partial charge is 0.481 e. The van der Waals surface area contributed by atoms with Gasteiger partial charge < -0.3 is 10.4 Å². The molecule has 0 spiro atoms. The van der Waals surface area contributed by atoms with Crippen LogP contribution < -0.4 is 5.32 Å². The Kier molecular flexibility index (Phi) is 4.47. The first-order valence-electron chi connectivity index (χ1n) is 5.84. The first kappa shape index (κ1) is 14.2. The van der Waals surface area contributed by atoms with E-state index in [0.29, 0.717) is 5.56 Å². The molecule has 1 aromatic heterocycles. The number of carbonyl (C=O) groups is 2. The Morgan fingerprint density at radius 1 is 1.50 bits per heavy atom. The Morgan fingerprint density at radius 3 is 2.50 bits per heavy atom. The Balaban J connectivity index is 2.66. The molecule has 1 atom stereocenters. The molecule has 1 aromatic rings. The number of aromatic nitrogens is 2. The maximum atomic E-state index is 11.9. The maximum Gasteiger partial charge on any atom is 0.308 e. The van der Waals surface area contributed by atoms with Gasteiger partial charge in [-0.2, -0.15) is 5.10 Å². The molecular formula is C12H19N3O3. The summed E-state index contributed by atoms with van der Waals surface area (Å²) < 4.78 is 1.60. The van der Waals surface area contributed by atoms with E-state index in [1.807, 2.05) is 13.8 Å². The zero-order valence-electron chi connectivity index (χ0n) is 11.1. The Bertz CT molecular complexity index is 451. The highest BCUT2D eigenvalue weighted by atomic mass is 16.4. The number of amides is 1. The summed E-state index contributed by atoms with van der Waals surface area (Å²) in [6.07, 6.45) is 1.48. The first-order valence-corrected chi connectivity index (χ1v) is 5.84. The van der Waals surface area contributed by atoms with E-state index in [1.54, 1.807) is 18.7 Å². The fourth-order valence-corrected chi connectivity index (χ4v) is 1.63. The highest BCUT2D eigenvalue weighted by Gasteiger charge is 2.23. The van der Waals surface area contributed by atoms with Gasteiger partial charge in [-0.15, -0.1) is 0 Å². The summed E-state index contributed by atoms with van der Waals surface area (Å²) in [5.41, 5.74) is 1.23. The standard InChI is InChI=1S/C12H19N3O3/c1-7(2)9(12(17)18)5-13-11(16)10-6-14-15(4)8(10)3/h6-7,9H,5H2,1-4H3,(H,13,16)(H,17,18). The Hall–Kier alpha value is -1.85. The van der Waals surface area contributed by atoms with Crippen LogP contribution in [0.5, 0.6) is 0 Å². The lowest BCUT2D eigenvalue weighted by atomic mass is 9.96. The lowest BCUT2D eigenvalue weighted by molar-refractivity contribution is -0.142. The van der Waals surface area contributed by atoms with Crippen LogP contribution in [0.15, 0.2) is 6.20 Å². The molecule has 0 saturated carbocycles. The van der Waals surface area contributed by atoms with Gasteiger partial charge in [0.15, 0.2) is 0 Å². The molecule has 2 N–H and O–H groups in total. The lowest BCUT2D eigenvalue weighted by Crippen LogP contribution is -2.35. The van der Waals surface area contributed by atoms with Crippen LogP contribution in [0.3, 0.4) is 0 Å². The van der Waals surface area contributed by atoms with E-state index in [0.717, 1.165) is 5.69 Å². The summed E-state index contributed by atoms with van der Waals surface area (Å²) >= 11 is 0. The van der Waals surface area contributed by atoms with Crippen LogP contribution in [0.4, 0.5) is 0 Å². The van der Waals surface area contributed by atoms with Crippen LogP contribution in [0.2, 0.25) is 0 Å². The molecule has 6 nitrogen and oxygen atoms in total. The van der Waals surface area contributed by atoms with E-state index >= 15 is 0 Å². The highest BCUT2D eigenvalue weighted by Crippen LogP contribution is 2.11. The number of aryl methyl sites for hydroxylation is 1. The van der Waals surface area contributed by atoms with Crippen molar-refractivity contribution in [2.45, 2.75) is 20.8 Å². The van der Waals surface area contributed by atoms with Gasteiger partial charge in [0.1, 0.15) is 0 Å². The Labute approximate surface area is 106 Å². The minimum atomic E-state index is -0.895. The zero-order valence-corrected chi connectivity index (χ0v) is 11.1. The minimum absolute atomic E-state index is 0.0298. The summed E-state index contributed by atoms with van der Waals surface area (Å²) in [5, 5.41) is 15.6. The molecule has 0 radical (unpaired) electrons. The van der Waals surface area contributed by atoms with Gasteiger partial charge in [0, 0.05) is 19.3 Å². The number of carbonyl (C=O) groups excluding carboxylic acids is 1. The smallest absolute Gasteiger partial charge is 0.308 e. The monoisotopic (exact) mass is 253 g/mol. The fraction of sp³-hybridized carbons (Fsp3) is 0.583. The molecule has 0 fully saturated rings. The van der Waals surface area contributed by atoms with Gasteiger partial charge in [0.25, 0.3) is 5.91 Å². The van der Waals surface area contributed by atoms with Crippen molar-refractivity contribution in [3.63, 3.8) is 0 Å². The number of hydrogen-bond acceptors (Lipinski definition) is 3. The van der Waals surface area contributed by atoms with Crippen LogP contribution in [0, 0.1) is 18.8 Å². The van der Waals surface area contributed by atoms with Crippen molar-refractivity contribution in [2.75, 3.05) is 6.54 Å². The Morgan fingerprint density at radius 2 is 2.11 bits per heavy atom. The maximum absolute atomic E-state index is 11.9. The third-order valence-corrected chi connectivity index (χ3v) is 3.08. The molecule has 0 aliphatic carbocycles. The fourth-order valence-electron chi connectivity index (χ4n) is 1.63. The number of carboxylic acids is 1. The molecule has 0 aliphatic rings. The number of nitrogens with zero attached hydrogens (tertiary/aromatic N) is 2. The van der Waals surface area contributed by atoms with E-state index < -0.39 is 11.9 Å². The van der Waals surface area contributed by atoms with Gasteiger partial charge in [-0.3, -0.25) is 14.3 Å². The number of rotatable bonds is 5. The van der Waals surface area contributed by atoms with Gasteiger partial charge in [0.05, 0.1) is 17.7 Å². The van der Waals surface area contributed by atoms with Gasteiger partial charge >= 0.3 is 5.97 Å². The second-order valence-corrected chi connectivity index (χ2v) is 4.67. The van der Waals surface area contributed by atoms with Crippen LogP contribution in [-0.4, -0.2) is 33.3 Å². The van der Waals surface area contributed by atoms with E-state index in [-0.39, 0.29) is 18.4 Å². The van der Waals surface area contributed by atoms with E-state index in [4.69, 9.17) is 5.11 Å². The predicted molar refractivity (Wildman–Crippen MR) is 66.2 cm³/mol. The van der Waals surface area contributed by atoms with Crippen LogP contribution >= 0.6 is 0 Å². The van der Waals surface area contributed by atoms with Crippen molar-refractivity contribution in [1.29, 1.82) is 0 Å². The number of hydrogen-bond donors (Lipinski definition) is 2. The summed E-state index contributed by atoms with van der Waals surface area (Å²) in [4.78, 5) is 22.9. The lowest BCUT2D eigenvalue weighted by Gasteiger charge is -2.16. The molecule has 100 valence electrons. The molecule has 18 heavy (non-hydrogen) atoms. The molecule has 0 aromatic carbocycles. The van der Waals surface area contributed by atoms with Crippen molar-refractivity contribution in [3.05, 3.63) is 17.5 Å². The highest BCUT2D eigenvalue weighted by molar-refractivity contribution is 5.95. The predicted octanol–water partition coefficient (Wildman–Crippen LogP) is 0.815. The van der Waals surface area contributed by atoms with Crippen molar-refractivity contribution < 1.29 is 14.7 Å². The number of aliphatic carboxylic acids is 1. The van der Waals surface area contributed by atoms with Crippen molar-refractivity contribution in [3.8, 4) is 0 Å². The second kappa shape index (κ2) is 5.66. The van der Waals surface area contributed by atoms with Crippen LogP contribution in [0.1, 0.15) is 29.9 Å². The first-order chi connectivity index (χ1) is 8.34. The van der Waals surface area contributed by atoms with Crippen molar-refractivity contribution >= 4 is 11.9 Å². The summed E-state index contributed by atoms with van der Waals surface area (Å²) in [6.45, 7) is 5.56. The molecule has 1 amide bonds. The van der Waals surface area contributed by atoms with E-state index in [9.17, 15) is 9.59 Å². The molecule has 6 heteroatoms. The minimum Gasteiger partial charge on any atom is -0.481 e. The number of nitrogens with one attached hydrogen (secondary N) is 1. The van der Waals surface area contributed by atoms with Gasteiger partial charge in [-0.05, 0) is 12.8 Å². The van der Waals surface area contributed by atoms with E-state index in [2.05, 4.69) is 10.4 Å². The van der Waals surface area contributed by atoms with Crippen LogP contribution in [0.25, 0.3) is 0 Å². The molecule has 0 aliphatic heterocycles. The second-order valence-electron chi connectivity index (χ2n) is 4.67. The molecule has 1 heterocycles. The molecule has 0 bridgehead atoms. The third kappa shape index (κ3) is 3.09. The summed E-state index contributed by atoms with van der Waals surface area (Å²) in [5.74, 6) is -1.79.